The minimum Gasteiger partial charge on any atom is -0.351 e. The van der Waals surface area contributed by atoms with Crippen LogP contribution < -0.4 is 5.32 Å². The van der Waals surface area contributed by atoms with Gasteiger partial charge >= 0.3 is 6.03 Å². The van der Waals surface area contributed by atoms with Gasteiger partial charge in [-0.3, -0.25) is 19.4 Å². The number of nitrogens with zero attached hydrogens (tertiary/aromatic N) is 3. The summed E-state index contributed by atoms with van der Waals surface area (Å²) in [7, 11) is 1.56. The van der Waals surface area contributed by atoms with E-state index in [0.29, 0.717) is 11.8 Å². The van der Waals surface area contributed by atoms with Crippen LogP contribution in [-0.2, 0) is 16.1 Å². The van der Waals surface area contributed by atoms with Gasteiger partial charge in [0, 0.05) is 37.6 Å². The lowest BCUT2D eigenvalue weighted by Gasteiger charge is -2.38. The van der Waals surface area contributed by atoms with E-state index in [4.69, 9.17) is 11.6 Å². The van der Waals surface area contributed by atoms with Crippen molar-refractivity contribution in [2.45, 2.75) is 25.4 Å². The first-order chi connectivity index (χ1) is 12.9. The van der Waals surface area contributed by atoms with Crippen molar-refractivity contribution in [2.75, 3.05) is 33.2 Å². The number of carbonyl (C=O) groups is 3. The first-order valence-corrected chi connectivity index (χ1v) is 10.5. The van der Waals surface area contributed by atoms with E-state index in [1.54, 1.807) is 18.4 Å². The second-order valence-electron chi connectivity index (χ2n) is 7.70. The molecule has 3 heterocycles. The van der Waals surface area contributed by atoms with Gasteiger partial charge in [0.15, 0.2) is 0 Å². The zero-order valence-corrected chi connectivity index (χ0v) is 16.8. The molecule has 146 valence electrons. The van der Waals surface area contributed by atoms with Gasteiger partial charge in [0.1, 0.15) is 13.1 Å². The molecule has 1 aliphatic carbocycles. The van der Waals surface area contributed by atoms with Crippen LogP contribution in [0.5, 0.6) is 0 Å². The summed E-state index contributed by atoms with van der Waals surface area (Å²) < 4.78 is 0. The molecule has 1 saturated carbocycles. The average molecular weight is 411 g/mol. The second kappa shape index (κ2) is 7.41. The highest BCUT2D eigenvalue weighted by atomic mass is 35.5. The van der Waals surface area contributed by atoms with Crippen molar-refractivity contribution < 1.29 is 14.4 Å². The number of urea groups is 1. The predicted octanol–water partition coefficient (Wildman–Crippen LogP) is 1.62. The molecule has 1 aromatic rings. The summed E-state index contributed by atoms with van der Waals surface area (Å²) in [6.45, 7) is 2.57. The van der Waals surface area contributed by atoms with Crippen molar-refractivity contribution in [1.82, 2.24) is 20.0 Å². The van der Waals surface area contributed by atoms with Crippen LogP contribution in [-0.4, -0.2) is 71.8 Å². The smallest absolute Gasteiger partial charge is 0.327 e. The van der Waals surface area contributed by atoms with E-state index in [1.807, 2.05) is 11.4 Å². The number of likely N-dealkylation sites (N-methyl/N-ethyl adjacent to an activating group) is 1. The lowest BCUT2D eigenvalue weighted by atomic mass is 9.92. The van der Waals surface area contributed by atoms with Crippen LogP contribution >= 0.6 is 22.9 Å². The number of carbonyl (C=O) groups excluding carboxylic acids is 3. The normalized spacial score (nSPS) is 28.3. The zero-order valence-electron chi connectivity index (χ0n) is 15.2. The van der Waals surface area contributed by atoms with Gasteiger partial charge in [-0.25, -0.2) is 4.79 Å². The fourth-order valence-electron chi connectivity index (χ4n) is 4.53. The van der Waals surface area contributed by atoms with Gasteiger partial charge in [0.25, 0.3) is 5.91 Å². The fourth-order valence-corrected chi connectivity index (χ4v) is 5.66. The Balaban J connectivity index is 1.33. The lowest BCUT2D eigenvalue weighted by Crippen LogP contribution is -2.54. The van der Waals surface area contributed by atoms with E-state index in [2.05, 4.69) is 10.2 Å². The quantitative estimate of drug-likeness (QED) is 0.749. The van der Waals surface area contributed by atoms with Crippen LogP contribution in [0.2, 0.25) is 5.02 Å². The highest BCUT2D eigenvalue weighted by Crippen LogP contribution is 2.38. The number of hydrogen-bond donors (Lipinski definition) is 1. The molecule has 0 spiro atoms. The Morgan fingerprint density at radius 2 is 2.00 bits per heavy atom. The van der Waals surface area contributed by atoms with E-state index >= 15 is 0 Å². The molecule has 27 heavy (non-hydrogen) atoms. The molecule has 2 bridgehead atoms. The number of rotatable bonds is 5. The monoisotopic (exact) mass is 410 g/mol. The van der Waals surface area contributed by atoms with Gasteiger partial charge < -0.3 is 10.2 Å². The summed E-state index contributed by atoms with van der Waals surface area (Å²) in [4.78, 5) is 42.2. The largest absolute Gasteiger partial charge is 0.351 e. The summed E-state index contributed by atoms with van der Waals surface area (Å²) in [5.41, 5.74) is 0. The molecule has 2 aliphatic heterocycles. The first-order valence-electron chi connectivity index (χ1n) is 9.21. The number of amides is 4. The molecule has 1 aromatic heterocycles. The van der Waals surface area contributed by atoms with E-state index < -0.39 is 6.03 Å². The number of halogens is 1. The van der Waals surface area contributed by atoms with Gasteiger partial charge in [-0.1, -0.05) is 11.6 Å². The Labute approximate surface area is 167 Å². The molecule has 3 fully saturated rings. The molecule has 9 heteroatoms. The molecule has 3 atom stereocenters. The maximum atomic E-state index is 12.5. The third kappa shape index (κ3) is 3.70. The van der Waals surface area contributed by atoms with Crippen molar-refractivity contribution in [3.05, 3.63) is 21.3 Å². The van der Waals surface area contributed by atoms with Crippen molar-refractivity contribution in [3.8, 4) is 0 Å². The fraction of sp³-hybridized carbons (Fsp3) is 0.611. The van der Waals surface area contributed by atoms with Gasteiger partial charge in [-0.2, -0.15) is 0 Å². The van der Waals surface area contributed by atoms with Crippen LogP contribution in [0.4, 0.5) is 4.79 Å². The summed E-state index contributed by atoms with van der Waals surface area (Å²) in [6.07, 6.45) is 2.18. The molecule has 0 aromatic carbocycles. The minimum atomic E-state index is -0.402. The Kier molecular flexibility index (Phi) is 5.13. The average Bonchev–Trinajstić information content (AvgIpc) is 3.19. The van der Waals surface area contributed by atoms with Crippen molar-refractivity contribution in [2.24, 2.45) is 11.8 Å². The SMILES string of the molecule is CN1CC(=O)N(CC(=O)NC2[C@@H]3CC[C@H]2CN(Cc2sccc2Cl)C3)C1=O. The van der Waals surface area contributed by atoms with Gasteiger partial charge in [0.2, 0.25) is 5.91 Å². The zero-order chi connectivity index (χ0) is 19.1. The predicted molar refractivity (Wildman–Crippen MR) is 102 cm³/mol. The van der Waals surface area contributed by atoms with Gasteiger partial charge in [0.05, 0.1) is 5.02 Å². The van der Waals surface area contributed by atoms with Crippen molar-refractivity contribution >= 4 is 40.8 Å². The van der Waals surface area contributed by atoms with Crippen molar-refractivity contribution in [3.63, 3.8) is 0 Å². The molecule has 3 aliphatic rings. The summed E-state index contributed by atoms with van der Waals surface area (Å²) in [5, 5.41) is 5.94. The maximum absolute atomic E-state index is 12.5. The molecule has 0 radical (unpaired) electrons. The number of likely N-dealkylation sites (tertiary alicyclic amines) is 1. The molecular weight excluding hydrogens is 388 g/mol. The minimum absolute atomic E-state index is 0.0427. The van der Waals surface area contributed by atoms with E-state index in [9.17, 15) is 14.4 Å². The Morgan fingerprint density at radius 3 is 2.56 bits per heavy atom. The van der Waals surface area contributed by atoms with Crippen LogP contribution in [0.15, 0.2) is 11.4 Å². The summed E-state index contributed by atoms with van der Waals surface area (Å²) in [5.74, 6) is 0.241. The highest BCUT2D eigenvalue weighted by Gasteiger charge is 2.43. The number of piperidine rings is 1. The van der Waals surface area contributed by atoms with E-state index in [0.717, 1.165) is 42.4 Å². The number of hydrogen-bond acceptors (Lipinski definition) is 5. The summed E-state index contributed by atoms with van der Waals surface area (Å²) >= 11 is 7.90. The van der Waals surface area contributed by atoms with Gasteiger partial charge in [-0.05, 0) is 36.1 Å². The maximum Gasteiger partial charge on any atom is 0.327 e. The standard InChI is InChI=1S/C18H23ClN4O3S/c1-21-10-16(25)23(18(21)26)9-15(24)20-17-11-2-3-12(17)7-22(6-11)8-14-13(19)4-5-27-14/h4-5,11-12,17H,2-3,6-10H2,1H3,(H,20,24)/t11-,12+,17?. The summed E-state index contributed by atoms with van der Waals surface area (Å²) in [6, 6.07) is 1.65. The highest BCUT2D eigenvalue weighted by molar-refractivity contribution is 7.10. The lowest BCUT2D eigenvalue weighted by molar-refractivity contribution is -0.131. The number of fused-ring (bicyclic) bond motifs is 2. The van der Waals surface area contributed by atoms with Crippen LogP contribution in [0.1, 0.15) is 17.7 Å². The molecule has 2 saturated heterocycles. The van der Waals surface area contributed by atoms with Crippen LogP contribution in [0, 0.1) is 11.8 Å². The topological polar surface area (TPSA) is 73.0 Å². The van der Waals surface area contributed by atoms with Crippen LogP contribution in [0.25, 0.3) is 0 Å². The number of nitrogens with one attached hydrogen (secondary N) is 1. The van der Waals surface area contributed by atoms with Crippen LogP contribution in [0.3, 0.4) is 0 Å². The Morgan fingerprint density at radius 1 is 1.30 bits per heavy atom. The third-order valence-electron chi connectivity index (χ3n) is 5.83. The third-order valence-corrected chi connectivity index (χ3v) is 7.20. The second-order valence-corrected chi connectivity index (χ2v) is 9.10. The molecule has 1 N–H and O–H groups in total. The number of thiophene rings is 1. The molecule has 4 amide bonds. The van der Waals surface area contributed by atoms with E-state index in [1.165, 1.54) is 9.78 Å². The molecule has 4 rings (SSSR count). The van der Waals surface area contributed by atoms with E-state index in [-0.39, 0.29) is 30.9 Å². The Hall–Kier alpha value is -1.64. The van der Waals surface area contributed by atoms with Gasteiger partial charge in [-0.15, -0.1) is 11.3 Å². The van der Waals surface area contributed by atoms with Crippen molar-refractivity contribution in [1.29, 1.82) is 0 Å². The Bertz CT molecular complexity index is 756. The number of imide groups is 1. The molecule has 7 nitrogen and oxygen atoms in total. The molecular formula is C18H23ClN4O3S. The first kappa shape index (κ1) is 18.7. The molecule has 1 unspecified atom stereocenters.